The lowest BCUT2D eigenvalue weighted by Crippen LogP contribution is -2.02. The van der Waals surface area contributed by atoms with Crippen LogP contribution in [-0.2, 0) is 0 Å². The standard InChI is InChI=1S/C10H11ClN4/c1-6-9(11)8(4-7(12)10(6)13)15-3-2-14-5-15/h2-5H,12-13H2,1H3. The van der Waals surface area contributed by atoms with Gasteiger partial charge in [-0.25, -0.2) is 4.98 Å². The molecule has 0 fully saturated rings. The molecule has 5 heteroatoms. The Labute approximate surface area is 92.5 Å². The first kappa shape index (κ1) is 9.86. The number of nitrogen functional groups attached to an aromatic ring is 2. The molecule has 0 spiro atoms. The lowest BCUT2D eigenvalue weighted by molar-refractivity contribution is 1.05. The molecular formula is C10H11ClN4. The monoisotopic (exact) mass is 222 g/mol. The van der Waals surface area contributed by atoms with Crippen molar-refractivity contribution < 1.29 is 0 Å². The normalized spacial score (nSPS) is 10.5. The Morgan fingerprint density at radius 2 is 2.13 bits per heavy atom. The van der Waals surface area contributed by atoms with Gasteiger partial charge in [0.2, 0.25) is 0 Å². The minimum atomic E-state index is 0.528. The second-order valence-corrected chi connectivity index (χ2v) is 3.69. The van der Waals surface area contributed by atoms with Gasteiger partial charge in [-0.3, -0.25) is 0 Å². The first-order chi connectivity index (χ1) is 7.11. The minimum Gasteiger partial charge on any atom is -0.397 e. The average molecular weight is 223 g/mol. The maximum absolute atomic E-state index is 6.18. The van der Waals surface area contributed by atoms with Gasteiger partial charge in [0, 0.05) is 12.4 Å². The third-order valence-corrected chi connectivity index (χ3v) is 2.82. The third kappa shape index (κ3) is 1.53. The molecule has 0 aliphatic rings. The minimum absolute atomic E-state index is 0.528. The molecule has 0 saturated carbocycles. The molecule has 0 atom stereocenters. The van der Waals surface area contributed by atoms with E-state index in [1.54, 1.807) is 29.4 Å². The third-order valence-electron chi connectivity index (χ3n) is 2.34. The van der Waals surface area contributed by atoms with Crippen LogP contribution in [0.3, 0.4) is 0 Å². The van der Waals surface area contributed by atoms with Gasteiger partial charge < -0.3 is 16.0 Å². The summed E-state index contributed by atoms with van der Waals surface area (Å²) in [4.78, 5) is 3.95. The van der Waals surface area contributed by atoms with Crippen LogP contribution in [0.5, 0.6) is 0 Å². The number of hydrogen-bond donors (Lipinski definition) is 2. The van der Waals surface area contributed by atoms with Crippen molar-refractivity contribution in [3.05, 3.63) is 35.4 Å². The maximum atomic E-state index is 6.18. The van der Waals surface area contributed by atoms with Gasteiger partial charge in [-0.15, -0.1) is 0 Å². The van der Waals surface area contributed by atoms with Crippen molar-refractivity contribution >= 4 is 23.0 Å². The van der Waals surface area contributed by atoms with E-state index in [1.165, 1.54) is 0 Å². The van der Waals surface area contributed by atoms with Crippen molar-refractivity contribution in [2.45, 2.75) is 6.92 Å². The van der Waals surface area contributed by atoms with Gasteiger partial charge in [-0.2, -0.15) is 0 Å². The Balaban J connectivity index is 2.69. The second kappa shape index (κ2) is 3.47. The van der Waals surface area contributed by atoms with E-state index < -0.39 is 0 Å². The Morgan fingerprint density at radius 3 is 2.73 bits per heavy atom. The first-order valence-corrected chi connectivity index (χ1v) is 4.81. The predicted octanol–water partition coefficient (Wildman–Crippen LogP) is 2.00. The van der Waals surface area contributed by atoms with Crippen molar-refractivity contribution in [3.8, 4) is 5.69 Å². The van der Waals surface area contributed by atoms with E-state index in [-0.39, 0.29) is 0 Å². The summed E-state index contributed by atoms with van der Waals surface area (Å²) < 4.78 is 1.80. The highest BCUT2D eigenvalue weighted by atomic mass is 35.5. The summed E-state index contributed by atoms with van der Waals surface area (Å²) in [7, 11) is 0. The van der Waals surface area contributed by atoms with E-state index in [9.17, 15) is 0 Å². The second-order valence-electron chi connectivity index (χ2n) is 3.31. The smallest absolute Gasteiger partial charge is 0.0992 e. The van der Waals surface area contributed by atoms with Gasteiger partial charge in [-0.05, 0) is 18.6 Å². The van der Waals surface area contributed by atoms with Crippen molar-refractivity contribution in [2.75, 3.05) is 11.5 Å². The number of imidazole rings is 1. The van der Waals surface area contributed by atoms with Crippen molar-refractivity contribution in [3.63, 3.8) is 0 Å². The molecule has 0 radical (unpaired) electrons. The summed E-state index contributed by atoms with van der Waals surface area (Å²) in [5, 5.41) is 0.597. The molecule has 4 nitrogen and oxygen atoms in total. The number of rotatable bonds is 1. The number of nitrogens with two attached hydrogens (primary N) is 2. The fourth-order valence-electron chi connectivity index (χ4n) is 1.40. The zero-order valence-corrected chi connectivity index (χ0v) is 8.99. The summed E-state index contributed by atoms with van der Waals surface area (Å²) >= 11 is 6.18. The fourth-order valence-corrected chi connectivity index (χ4v) is 1.66. The molecule has 0 saturated heterocycles. The zero-order chi connectivity index (χ0) is 11.0. The molecule has 1 aromatic carbocycles. The number of aromatic nitrogens is 2. The van der Waals surface area contributed by atoms with Crippen LogP contribution in [0, 0.1) is 6.92 Å². The molecule has 4 N–H and O–H groups in total. The molecule has 15 heavy (non-hydrogen) atoms. The Hall–Kier alpha value is -1.68. The van der Waals surface area contributed by atoms with Gasteiger partial charge in [0.25, 0.3) is 0 Å². The molecule has 1 heterocycles. The quantitative estimate of drug-likeness (QED) is 0.725. The van der Waals surface area contributed by atoms with Crippen LogP contribution in [-0.4, -0.2) is 9.55 Å². The van der Waals surface area contributed by atoms with Gasteiger partial charge in [0.05, 0.1) is 28.4 Å². The summed E-state index contributed by atoms with van der Waals surface area (Å²) in [5.41, 5.74) is 14.2. The molecule has 0 unspecified atom stereocenters. The van der Waals surface area contributed by atoms with E-state index in [4.69, 9.17) is 23.1 Å². The highest BCUT2D eigenvalue weighted by Gasteiger charge is 2.10. The van der Waals surface area contributed by atoms with Crippen LogP contribution in [0.15, 0.2) is 24.8 Å². The summed E-state index contributed by atoms with van der Waals surface area (Å²) in [6, 6.07) is 1.74. The largest absolute Gasteiger partial charge is 0.397 e. The first-order valence-electron chi connectivity index (χ1n) is 4.43. The van der Waals surface area contributed by atoms with E-state index >= 15 is 0 Å². The number of nitrogens with zero attached hydrogens (tertiary/aromatic N) is 2. The lowest BCUT2D eigenvalue weighted by atomic mass is 10.1. The van der Waals surface area contributed by atoms with Gasteiger partial charge in [-0.1, -0.05) is 11.6 Å². The molecule has 2 rings (SSSR count). The fraction of sp³-hybridized carbons (Fsp3) is 0.100. The number of hydrogen-bond acceptors (Lipinski definition) is 3. The lowest BCUT2D eigenvalue weighted by Gasteiger charge is -2.12. The SMILES string of the molecule is Cc1c(N)c(N)cc(-n2ccnc2)c1Cl. The van der Waals surface area contributed by atoms with E-state index in [2.05, 4.69) is 4.98 Å². The topological polar surface area (TPSA) is 69.9 Å². The molecule has 0 aliphatic heterocycles. The summed E-state index contributed by atoms with van der Waals surface area (Å²) in [5.74, 6) is 0. The van der Waals surface area contributed by atoms with E-state index in [0.29, 0.717) is 16.4 Å². The highest BCUT2D eigenvalue weighted by Crippen LogP contribution is 2.32. The van der Waals surface area contributed by atoms with Crippen LogP contribution in [0.1, 0.15) is 5.56 Å². The van der Waals surface area contributed by atoms with Crippen molar-refractivity contribution in [1.29, 1.82) is 0 Å². The zero-order valence-electron chi connectivity index (χ0n) is 8.24. The van der Waals surface area contributed by atoms with E-state index in [0.717, 1.165) is 11.3 Å². The van der Waals surface area contributed by atoms with Gasteiger partial charge in [0.1, 0.15) is 0 Å². The van der Waals surface area contributed by atoms with Gasteiger partial charge in [0.15, 0.2) is 0 Å². The number of anilines is 2. The van der Waals surface area contributed by atoms with Crippen LogP contribution >= 0.6 is 11.6 Å². The van der Waals surface area contributed by atoms with Crippen molar-refractivity contribution in [1.82, 2.24) is 9.55 Å². The number of benzene rings is 1. The summed E-state index contributed by atoms with van der Waals surface area (Å²) in [6.45, 7) is 1.84. The highest BCUT2D eigenvalue weighted by molar-refractivity contribution is 6.33. The number of halogens is 1. The molecule has 0 bridgehead atoms. The average Bonchev–Trinajstić information content (AvgIpc) is 2.73. The molecule has 1 aromatic heterocycles. The molecule has 0 aliphatic carbocycles. The molecule has 2 aromatic rings. The maximum Gasteiger partial charge on any atom is 0.0992 e. The van der Waals surface area contributed by atoms with Gasteiger partial charge >= 0.3 is 0 Å². The molecule has 78 valence electrons. The Bertz CT molecular complexity index is 491. The molecule has 0 amide bonds. The van der Waals surface area contributed by atoms with Crippen molar-refractivity contribution in [2.24, 2.45) is 0 Å². The predicted molar refractivity (Wildman–Crippen MR) is 62.1 cm³/mol. The Kier molecular flexibility index (Phi) is 2.28. The summed E-state index contributed by atoms with van der Waals surface area (Å²) in [6.07, 6.45) is 5.14. The van der Waals surface area contributed by atoms with Crippen LogP contribution in [0.2, 0.25) is 5.02 Å². The van der Waals surface area contributed by atoms with Crippen LogP contribution < -0.4 is 11.5 Å². The molecular weight excluding hydrogens is 212 g/mol. The van der Waals surface area contributed by atoms with Crippen LogP contribution in [0.25, 0.3) is 5.69 Å². The van der Waals surface area contributed by atoms with Crippen LogP contribution in [0.4, 0.5) is 11.4 Å². The Morgan fingerprint density at radius 1 is 1.40 bits per heavy atom. The van der Waals surface area contributed by atoms with E-state index in [1.807, 2.05) is 6.92 Å².